The van der Waals surface area contributed by atoms with Gasteiger partial charge < -0.3 is 9.72 Å². The minimum absolute atomic E-state index is 0.788. The molecule has 0 amide bonds. The van der Waals surface area contributed by atoms with Gasteiger partial charge in [-0.25, -0.2) is 15.0 Å². The summed E-state index contributed by atoms with van der Waals surface area (Å²) in [5, 5.41) is 0. The molecule has 0 saturated heterocycles. The van der Waals surface area contributed by atoms with Gasteiger partial charge in [0.15, 0.2) is 5.82 Å². The summed E-state index contributed by atoms with van der Waals surface area (Å²) in [5.41, 5.74) is 2.28. The van der Waals surface area contributed by atoms with Crippen molar-refractivity contribution in [3.63, 3.8) is 0 Å². The Morgan fingerprint density at radius 1 is 0.781 bits per heavy atom. The third-order valence-electron chi connectivity index (χ3n) is 5.31. The zero-order chi connectivity index (χ0) is 22.7. The van der Waals surface area contributed by atoms with Gasteiger partial charge in [0.2, 0.25) is 0 Å². The lowest BCUT2D eigenvalue weighted by Crippen LogP contribution is -1.97. The Morgan fingerprint density at radius 2 is 1.44 bits per heavy atom. The molecular formula is C27H40N4O. The van der Waals surface area contributed by atoms with Crippen molar-refractivity contribution in [3.05, 3.63) is 60.9 Å². The number of H-pyrrole nitrogens is 1. The predicted octanol–water partition coefficient (Wildman–Crippen LogP) is 7.42. The molecular weight excluding hydrogens is 396 g/mol. The maximum atomic E-state index is 5.80. The van der Waals surface area contributed by atoms with E-state index in [1.54, 1.807) is 18.7 Å². The molecule has 1 aromatic carbocycles. The number of unbranched alkanes of at least 4 members (excludes halogenated alkanes) is 8. The van der Waals surface area contributed by atoms with Crippen LogP contribution in [0.5, 0.6) is 5.75 Å². The van der Waals surface area contributed by atoms with Crippen molar-refractivity contribution in [1.82, 2.24) is 19.9 Å². The van der Waals surface area contributed by atoms with Crippen LogP contribution in [-0.4, -0.2) is 26.5 Å². The van der Waals surface area contributed by atoms with Crippen LogP contribution in [-0.2, 0) is 6.42 Å². The molecule has 0 fully saturated rings. The SMILES string of the molecule is CCCCCCCCc1cnc(-c2ccc(OCCCCCC)cc2)nc1.c1c[nH]cn1. The third-order valence-corrected chi connectivity index (χ3v) is 5.31. The molecule has 0 aliphatic carbocycles. The summed E-state index contributed by atoms with van der Waals surface area (Å²) < 4.78 is 5.80. The topological polar surface area (TPSA) is 63.7 Å². The van der Waals surface area contributed by atoms with Gasteiger partial charge in [-0.1, -0.05) is 65.2 Å². The maximum Gasteiger partial charge on any atom is 0.159 e. The second-order valence-corrected chi connectivity index (χ2v) is 8.13. The number of benzene rings is 1. The Labute approximate surface area is 194 Å². The molecule has 0 saturated carbocycles. The Hall–Kier alpha value is -2.69. The van der Waals surface area contributed by atoms with Crippen LogP contribution < -0.4 is 4.74 Å². The molecule has 174 valence electrons. The summed E-state index contributed by atoms with van der Waals surface area (Å²) in [6.45, 7) is 5.28. The van der Waals surface area contributed by atoms with Gasteiger partial charge in [-0.15, -0.1) is 0 Å². The molecule has 2 aromatic heterocycles. The van der Waals surface area contributed by atoms with Crippen LogP contribution in [0.4, 0.5) is 0 Å². The molecule has 0 bridgehead atoms. The number of rotatable bonds is 14. The van der Waals surface area contributed by atoms with Gasteiger partial charge in [0.1, 0.15) is 5.75 Å². The van der Waals surface area contributed by atoms with E-state index in [9.17, 15) is 0 Å². The highest BCUT2D eigenvalue weighted by atomic mass is 16.5. The van der Waals surface area contributed by atoms with Gasteiger partial charge in [0.25, 0.3) is 0 Å². The van der Waals surface area contributed by atoms with Gasteiger partial charge in [0, 0.05) is 30.4 Å². The van der Waals surface area contributed by atoms with E-state index in [4.69, 9.17) is 4.74 Å². The Bertz CT molecular complexity index is 768. The lowest BCUT2D eigenvalue weighted by molar-refractivity contribution is 0.305. The van der Waals surface area contributed by atoms with Crippen molar-refractivity contribution < 1.29 is 4.74 Å². The number of hydrogen-bond acceptors (Lipinski definition) is 4. The number of nitrogens with zero attached hydrogens (tertiary/aromatic N) is 3. The lowest BCUT2D eigenvalue weighted by atomic mass is 10.1. The zero-order valence-corrected chi connectivity index (χ0v) is 19.9. The van der Waals surface area contributed by atoms with Crippen LogP contribution in [0.1, 0.15) is 83.6 Å². The minimum Gasteiger partial charge on any atom is -0.494 e. The van der Waals surface area contributed by atoms with Crippen molar-refractivity contribution in [2.24, 2.45) is 0 Å². The molecule has 1 N–H and O–H groups in total. The second-order valence-electron chi connectivity index (χ2n) is 8.13. The van der Waals surface area contributed by atoms with E-state index < -0.39 is 0 Å². The molecule has 5 nitrogen and oxygen atoms in total. The highest BCUT2D eigenvalue weighted by Gasteiger charge is 2.03. The fourth-order valence-electron chi connectivity index (χ4n) is 3.38. The smallest absolute Gasteiger partial charge is 0.159 e. The van der Waals surface area contributed by atoms with Gasteiger partial charge in [0.05, 0.1) is 12.9 Å². The third kappa shape index (κ3) is 11.1. The molecule has 0 spiro atoms. The zero-order valence-electron chi connectivity index (χ0n) is 19.9. The molecule has 32 heavy (non-hydrogen) atoms. The van der Waals surface area contributed by atoms with Gasteiger partial charge in [-0.3, -0.25) is 0 Å². The summed E-state index contributed by atoms with van der Waals surface area (Å²) in [4.78, 5) is 15.5. The molecule has 0 aliphatic heterocycles. The number of aryl methyl sites for hydroxylation is 1. The van der Waals surface area contributed by atoms with E-state index in [0.29, 0.717) is 0 Å². The minimum atomic E-state index is 0.788. The highest BCUT2D eigenvalue weighted by Crippen LogP contribution is 2.20. The van der Waals surface area contributed by atoms with Crippen LogP contribution >= 0.6 is 0 Å². The highest BCUT2D eigenvalue weighted by molar-refractivity contribution is 5.55. The lowest BCUT2D eigenvalue weighted by Gasteiger charge is -2.07. The van der Waals surface area contributed by atoms with Crippen molar-refractivity contribution in [2.75, 3.05) is 6.61 Å². The average Bonchev–Trinajstić information content (AvgIpc) is 3.43. The Kier molecular flexibility index (Phi) is 13.5. The maximum absolute atomic E-state index is 5.80. The predicted molar refractivity (Wildman–Crippen MR) is 133 cm³/mol. The summed E-state index contributed by atoms with van der Waals surface area (Å²) >= 11 is 0. The molecule has 3 aromatic rings. The van der Waals surface area contributed by atoms with E-state index in [-0.39, 0.29) is 0 Å². The van der Waals surface area contributed by atoms with E-state index in [2.05, 4.69) is 33.8 Å². The number of hydrogen-bond donors (Lipinski definition) is 1. The van der Waals surface area contributed by atoms with Crippen LogP contribution in [0.25, 0.3) is 11.4 Å². The van der Waals surface area contributed by atoms with Gasteiger partial charge in [-0.2, -0.15) is 0 Å². The molecule has 0 radical (unpaired) electrons. The Balaban J connectivity index is 0.000000636. The van der Waals surface area contributed by atoms with Crippen molar-refractivity contribution in [1.29, 1.82) is 0 Å². The number of imidazole rings is 1. The molecule has 0 atom stereocenters. The average molecular weight is 437 g/mol. The van der Waals surface area contributed by atoms with E-state index in [1.807, 2.05) is 36.7 Å². The first kappa shape index (κ1) is 25.6. The largest absolute Gasteiger partial charge is 0.494 e. The summed E-state index contributed by atoms with van der Waals surface area (Å²) in [6, 6.07) is 8.12. The van der Waals surface area contributed by atoms with Crippen LogP contribution in [0.3, 0.4) is 0 Å². The first-order chi connectivity index (χ1) is 15.8. The van der Waals surface area contributed by atoms with Gasteiger partial charge in [-0.05, 0) is 49.1 Å². The van der Waals surface area contributed by atoms with Crippen molar-refractivity contribution in [2.45, 2.75) is 84.5 Å². The number of aromatic amines is 1. The normalized spacial score (nSPS) is 10.4. The van der Waals surface area contributed by atoms with Gasteiger partial charge >= 0.3 is 0 Å². The van der Waals surface area contributed by atoms with Crippen molar-refractivity contribution in [3.8, 4) is 17.1 Å². The first-order valence-corrected chi connectivity index (χ1v) is 12.3. The van der Waals surface area contributed by atoms with E-state index in [0.717, 1.165) is 36.6 Å². The molecule has 3 rings (SSSR count). The second kappa shape index (κ2) is 16.9. The van der Waals surface area contributed by atoms with Crippen LogP contribution in [0.2, 0.25) is 0 Å². The fourth-order valence-corrected chi connectivity index (χ4v) is 3.38. The molecule has 2 heterocycles. The Morgan fingerprint density at radius 3 is 2.03 bits per heavy atom. The quantitative estimate of drug-likeness (QED) is 0.267. The summed E-state index contributed by atoms with van der Waals surface area (Å²) in [6.07, 6.45) is 23.0. The molecule has 0 unspecified atom stereocenters. The number of nitrogens with one attached hydrogen (secondary N) is 1. The number of aromatic nitrogens is 4. The number of ether oxygens (including phenoxy) is 1. The first-order valence-electron chi connectivity index (χ1n) is 12.3. The summed E-state index contributed by atoms with van der Waals surface area (Å²) in [7, 11) is 0. The van der Waals surface area contributed by atoms with E-state index in [1.165, 1.54) is 63.4 Å². The fraction of sp³-hybridized carbons (Fsp3) is 0.519. The molecule has 0 aliphatic rings. The monoisotopic (exact) mass is 436 g/mol. The van der Waals surface area contributed by atoms with E-state index >= 15 is 0 Å². The summed E-state index contributed by atoms with van der Waals surface area (Å²) in [5.74, 6) is 1.71. The standard InChI is InChI=1S/C24H36N2O.C3H4N2/c1-3-5-7-9-10-11-13-21-19-25-24(26-20-21)22-14-16-23(17-15-22)27-18-12-8-6-4-2;1-2-5-3-4-1/h14-17,19-20H,3-13,18H2,1-2H3;1-3H,(H,4,5). The van der Waals surface area contributed by atoms with Crippen LogP contribution in [0, 0.1) is 0 Å². The molecule has 5 heteroatoms. The van der Waals surface area contributed by atoms with Crippen molar-refractivity contribution >= 4 is 0 Å². The van der Waals surface area contributed by atoms with Crippen LogP contribution in [0.15, 0.2) is 55.4 Å².